The highest BCUT2D eigenvalue weighted by atomic mass is 32.1. The normalized spacial score (nSPS) is 16.0. The number of hydrogen-bond acceptors (Lipinski definition) is 3. The zero-order valence-electron chi connectivity index (χ0n) is 11.4. The van der Waals surface area contributed by atoms with Crippen molar-refractivity contribution in [2.45, 2.75) is 51.7 Å². The van der Waals surface area contributed by atoms with Gasteiger partial charge in [-0.15, -0.1) is 11.3 Å². The Balaban J connectivity index is 1.88. The van der Waals surface area contributed by atoms with Gasteiger partial charge in [0.2, 0.25) is 5.91 Å². The highest BCUT2D eigenvalue weighted by molar-refractivity contribution is 7.09. The highest BCUT2D eigenvalue weighted by Gasteiger charge is 2.31. The molecule has 1 N–H and O–H groups in total. The Kier molecular flexibility index (Phi) is 4.07. The maximum absolute atomic E-state index is 12.0. The predicted molar refractivity (Wildman–Crippen MR) is 75.6 cm³/mol. The van der Waals surface area contributed by atoms with E-state index >= 15 is 0 Å². The third kappa shape index (κ3) is 4.42. The molecule has 0 radical (unpaired) electrons. The zero-order valence-corrected chi connectivity index (χ0v) is 12.2. The minimum Gasteiger partial charge on any atom is -0.350 e. The zero-order chi connectivity index (χ0) is 13.2. The van der Waals surface area contributed by atoms with Crippen molar-refractivity contribution < 1.29 is 4.79 Å². The lowest BCUT2D eigenvalue weighted by Crippen LogP contribution is -2.46. The summed E-state index contributed by atoms with van der Waals surface area (Å²) in [5, 5.41) is 5.13. The molecule has 1 aliphatic carbocycles. The van der Waals surface area contributed by atoms with Gasteiger partial charge in [0.15, 0.2) is 0 Å². The van der Waals surface area contributed by atoms with Crippen LogP contribution >= 0.6 is 11.3 Å². The molecule has 1 amide bonds. The Morgan fingerprint density at radius 3 is 2.72 bits per heavy atom. The lowest BCUT2D eigenvalue weighted by Gasteiger charge is -2.25. The van der Waals surface area contributed by atoms with Crippen LogP contribution in [0.25, 0.3) is 0 Å². The van der Waals surface area contributed by atoms with E-state index in [1.165, 1.54) is 17.7 Å². The van der Waals surface area contributed by atoms with Crippen molar-refractivity contribution in [2.75, 3.05) is 6.54 Å². The first-order chi connectivity index (χ1) is 8.44. The monoisotopic (exact) mass is 266 g/mol. The van der Waals surface area contributed by atoms with E-state index in [0.717, 1.165) is 6.54 Å². The van der Waals surface area contributed by atoms with Crippen molar-refractivity contribution in [1.82, 2.24) is 10.2 Å². The Labute approximate surface area is 113 Å². The van der Waals surface area contributed by atoms with Gasteiger partial charge < -0.3 is 5.32 Å². The van der Waals surface area contributed by atoms with Gasteiger partial charge in [0, 0.05) is 23.0 Å². The molecule has 2 rings (SSSR count). The maximum Gasteiger partial charge on any atom is 0.234 e. The minimum absolute atomic E-state index is 0.131. The van der Waals surface area contributed by atoms with E-state index in [4.69, 9.17) is 0 Å². The number of amides is 1. The van der Waals surface area contributed by atoms with Crippen molar-refractivity contribution in [3.05, 3.63) is 22.4 Å². The molecule has 1 aliphatic rings. The van der Waals surface area contributed by atoms with E-state index in [1.54, 1.807) is 11.3 Å². The van der Waals surface area contributed by atoms with Crippen LogP contribution in [-0.2, 0) is 11.3 Å². The van der Waals surface area contributed by atoms with Crippen molar-refractivity contribution in [1.29, 1.82) is 0 Å². The standard InChI is InChI=1S/C14H22N2OS/c1-14(2,3)15-13(17)10-16(11-6-7-11)9-12-5-4-8-18-12/h4-5,8,11H,6-7,9-10H2,1-3H3,(H,15,17). The largest absolute Gasteiger partial charge is 0.350 e. The van der Waals surface area contributed by atoms with Crippen LogP contribution in [0, 0.1) is 0 Å². The molecular formula is C14H22N2OS. The molecule has 1 saturated carbocycles. The molecule has 1 heterocycles. The smallest absolute Gasteiger partial charge is 0.234 e. The van der Waals surface area contributed by atoms with Crippen molar-refractivity contribution in [3.63, 3.8) is 0 Å². The van der Waals surface area contributed by atoms with Gasteiger partial charge in [0.05, 0.1) is 6.54 Å². The summed E-state index contributed by atoms with van der Waals surface area (Å²) in [6, 6.07) is 4.82. The summed E-state index contributed by atoms with van der Waals surface area (Å²) in [5.74, 6) is 0.131. The first-order valence-electron chi connectivity index (χ1n) is 6.51. The second-order valence-electron chi connectivity index (χ2n) is 6.01. The molecule has 0 atom stereocenters. The molecule has 100 valence electrons. The Bertz CT molecular complexity index is 390. The second-order valence-corrected chi connectivity index (χ2v) is 7.05. The molecule has 4 heteroatoms. The lowest BCUT2D eigenvalue weighted by molar-refractivity contribution is -0.123. The molecule has 1 aromatic rings. The fraction of sp³-hybridized carbons (Fsp3) is 0.643. The van der Waals surface area contributed by atoms with Crippen LogP contribution in [-0.4, -0.2) is 28.9 Å². The summed E-state index contributed by atoms with van der Waals surface area (Å²) in [7, 11) is 0. The third-order valence-electron chi connectivity index (χ3n) is 2.86. The summed E-state index contributed by atoms with van der Waals surface area (Å²) in [6.45, 7) is 7.47. The molecule has 0 unspecified atom stereocenters. The molecular weight excluding hydrogens is 244 g/mol. The van der Waals surface area contributed by atoms with Crippen molar-refractivity contribution in [3.8, 4) is 0 Å². The van der Waals surface area contributed by atoms with Crippen molar-refractivity contribution >= 4 is 17.2 Å². The van der Waals surface area contributed by atoms with Crippen LogP contribution in [0.2, 0.25) is 0 Å². The first kappa shape index (κ1) is 13.6. The number of carbonyl (C=O) groups excluding carboxylic acids is 1. The van der Waals surface area contributed by atoms with Gasteiger partial charge in [-0.3, -0.25) is 9.69 Å². The van der Waals surface area contributed by atoms with Gasteiger partial charge in [0.1, 0.15) is 0 Å². The molecule has 3 nitrogen and oxygen atoms in total. The van der Waals surface area contributed by atoms with E-state index in [0.29, 0.717) is 12.6 Å². The fourth-order valence-electron chi connectivity index (χ4n) is 2.00. The Hall–Kier alpha value is -0.870. The van der Waals surface area contributed by atoms with Crippen molar-refractivity contribution in [2.24, 2.45) is 0 Å². The van der Waals surface area contributed by atoms with E-state index in [9.17, 15) is 4.79 Å². The minimum atomic E-state index is -0.144. The number of hydrogen-bond donors (Lipinski definition) is 1. The summed E-state index contributed by atoms with van der Waals surface area (Å²) < 4.78 is 0. The topological polar surface area (TPSA) is 32.3 Å². The molecule has 18 heavy (non-hydrogen) atoms. The number of rotatable bonds is 5. The van der Waals surface area contributed by atoms with Gasteiger partial charge in [0.25, 0.3) is 0 Å². The average Bonchev–Trinajstić information content (AvgIpc) is 2.95. The molecule has 0 aliphatic heterocycles. The van der Waals surface area contributed by atoms with Crippen LogP contribution < -0.4 is 5.32 Å². The second kappa shape index (κ2) is 5.41. The average molecular weight is 266 g/mol. The van der Waals surface area contributed by atoms with E-state index in [1.807, 2.05) is 20.8 Å². The van der Waals surface area contributed by atoms with E-state index in [2.05, 4.69) is 27.7 Å². The molecule has 1 aromatic heterocycles. The number of nitrogens with one attached hydrogen (secondary N) is 1. The quantitative estimate of drug-likeness (QED) is 0.888. The van der Waals surface area contributed by atoms with Crippen LogP contribution in [0.4, 0.5) is 0 Å². The van der Waals surface area contributed by atoms with Gasteiger partial charge in [-0.1, -0.05) is 6.07 Å². The number of thiophene rings is 1. The van der Waals surface area contributed by atoms with Gasteiger partial charge in [-0.25, -0.2) is 0 Å². The van der Waals surface area contributed by atoms with E-state index in [-0.39, 0.29) is 11.4 Å². The number of carbonyl (C=O) groups is 1. The Morgan fingerprint density at radius 2 is 2.22 bits per heavy atom. The van der Waals surface area contributed by atoms with Crippen LogP contribution in [0.3, 0.4) is 0 Å². The summed E-state index contributed by atoms with van der Waals surface area (Å²) >= 11 is 1.76. The van der Waals surface area contributed by atoms with Gasteiger partial charge in [-0.05, 0) is 45.1 Å². The molecule has 0 saturated heterocycles. The SMILES string of the molecule is CC(C)(C)NC(=O)CN(Cc1cccs1)C1CC1. The van der Waals surface area contributed by atoms with Crippen LogP contribution in [0.15, 0.2) is 17.5 Å². The van der Waals surface area contributed by atoms with Gasteiger partial charge in [-0.2, -0.15) is 0 Å². The van der Waals surface area contributed by atoms with Crippen LogP contribution in [0.1, 0.15) is 38.5 Å². The maximum atomic E-state index is 12.0. The third-order valence-corrected chi connectivity index (χ3v) is 3.72. The molecule has 0 bridgehead atoms. The summed E-state index contributed by atoms with van der Waals surface area (Å²) in [6.07, 6.45) is 2.46. The fourth-order valence-corrected chi connectivity index (χ4v) is 2.73. The summed E-state index contributed by atoms with van der Waals surface area (Å²) in [5.41, 5.74) is -0.144. The summed E-state index contributed by atoms with van der Waals surface area (Å²) in [4.78, 5) is 15.6. The predicted octanol–water partition coefficient (Wildman–Crippen LogP) is 2.63. The van der Waals surface area contributed by atoms with E-state index < -0.39 is 0 Å². The highest BCUT2D eigenvalue weighted by Crippen LogP contribution is 2.28. The molecule has 0 spiro atoms. The van der Waals surface area contributed by atoms with Gasteiger partial charge >= 0.3 is 0 Å². The lowest BCUT2D eigenvalue weighted by atomic mass is 10.1. The van der Waals surface area contributed by atoms with Crippen LogP contribution in [0.5, 0.6) is 0 Å². The first-order valence-corrected chi connectivity index (χ1v) is 7.39. The molecule has 0 aromatic carbocycles. The Morgan fingerprint density at radius 1 is 1.50 bits per heavy atom. The number of nitrogens with zero attached hydrogens (tertiary/aromatic N) is 1. The molecule has 1 fully saturated rings.